The summed E-state index contributed by atoms with van der Waals surface area (Å²) >= 11 is 0. The molecular weight excluding hydrogens is 480 g/mol. The summed E-state index contributed by atoms with van der Waals surface area (Å²) < 4.78 is 12.9. The first kappa shape index (κ1) is 23.9. The van der Waals surface area contributed by atoms with Gasteiger partial charge in [-0.05, 0) is 82.2 Å². The van der Waals surface area contributed by atoms with Gasteiger partial charge in [0.25, 0.3) is 5.56 Å². The van der Waals surface area contributed by atoms with Crippen LogP contribution in [0.4, 0.5) is 0 Å². The number of aromatic nitrogens is 5. The van der Waals surface area contributed by atoms with Gasteiger partial charge in [0.2, 0.25) is 6.79 Å². The summed E-state index contributed by atoms with van der Waals surface area (Å²) in [6.45, 7) is 6.37. The lowest BCUT2D eigenvalue weighted by Gasteiger charge is -2.22. The van der Waals surface area contributed by atoms with E-state index >= 15 is 0 Å². The molecule has 0 atom stereocenters. The highest BCUT2D eigenvalue weighted by Gasteiger charge is 2.19. The normalized spacial score (nSPS) is 12.5. The predicted octanol–water partition coefficient (Wildman–Crippen LogP) is 4.11. The van der Waals surface area contributed by atoms with Gasteiger partial charge in [0.05, 0.1) is 13.1 Å². The summed E-state index contributed by atoms with van der Waals surface area (Å²) in [5.74, 6) is 2.19. The fraction of sp³-hybridized carbons (Fsp3) is 0.241. The van der Waals surface area contributed by atoms with Crippen LogP contribution in [0, 0.1) is 13.8 Å². The second-order valence-electron chi connectivity index (χ2n) is 9.72. The number of nitrogens with zero attached hydrogens (tertiary/aromatic N) is 5. The number of ether oxygens (including phenoxy) is 2. The molecule has 0 saturated carbocycles. The van der Waals surface area contributed by atoms with Gasteiger partial charge in [-0.25, -0.2) is 4.68 Å². The Hall–Kier alpha value is -4.50. The number of aryl methyl sites for hydroxylation is 2. The SMILES string of the molecule is Cc1cc2cc(CN(Cc3ccc4c(c3)OCO4)Cc3nnnn3Cc3ccccc3)c(=O)[nH]c2cc1C. The lowest BCUT2D eigenvalue weighted by molar-refractivity contribution is 0.174. The van der Waals surface area contributed by atoms with Gasteiger partial charge in [-0.15, -0.1) is 5.10 Å². The highest BCUT2D eigenvalue weighted by molar-refractivity contribution is 5.80. The minimum atomic E-state index is -0.0969. The molecule has 1 aliphatic heterocycles. The second-order valence-corrected chi connectivity index (χ2v) is 9.72. The van der Waals surface area contributed by atoms with Gasteiger partial charge < -0.3 is 14.5 Å². The molecule has 0 unspecified atom stereocenters. The van der Waals surface area contributed by atoms with Gasteiger partial charge in [-0.3, -0.25) is 9.69 Å². The average molecular weight is 509 g/mol. The molecule has 0 amide bonds. The van der Waals surface area contributed by atoms with Gasteiger partial charge in [-0.1, -0.05) is 36.4 Å². The minimum absolute atomic E-state index is 0.0969. The predicted molar refractivity (Wildman–Crippen MR) is 143 cm³/mol. The maximum Gasteiger partial charge on any atom is 0.252 e. The Morgan fingerprint density at radius 3 is 2.58 bits per heavy atom. The molecule has 0 aliphatic carbocycles. The van der Waals surface area contributed by atoms with Crippen LogP contribution in [0.15, 0.2) is 71.5 Å². The number of rotatable bonds is 8. The molecule has 5 aromatic rings. The molecule has 192 valence electrons. The van der Waals surface area contributed by atoms with Crippen molar-refractivity contribution in [3.63, 3.8) is 0 Å². The van der Waals surface area contributed by atoms with Crippen LogP contribution in [0.2, 0.25) is 0 Å². The molecule has 0 fully saturated rings. The Balaban J connectivity index is 1.32. The van der Waals surface area contributed by atoms with E-state index in [1.165, 1.54) is 5.56 Å². The Bertz CT molecular complexity index is 1660. The molecule has 0 radical (unpaired) electrons. The van der Waals surface area contributed by atoms with Gasteiger partial charge in [0.1, 0.15) is 0 Å². The number of pyridine rings is 1. The maximum atomic E-state index is 13.1. The molecule has 3 heterocycles. The van der Waals surface area contributed by atoms with Crippen LogP contribution in [0.1, 0.15) is 33.6 Å². The zero-order valence-electron chi connectivity index (χ0n) is 21.3. The van der Waals surface area contributed by atoms with Crippen LogP contribution in [-0.4, -0.2) is 36.9 Å². The molecule has 3 aromatic carbocycles. The topological polar surface area (TPSA) is 98.2 Å². The van der Waals surface area contributed by atoms with Crippen LogP contribution >= 0.6 is 0 Å². The van der Waals surface area contributed by atoms with Crippen molar-refractivity contribution in [1.29, 1.82) is 0 Å². The largest absolute Gasteiger partial charge is 0.454 e. The average Bonchev–Trinajstić information content (AvgIpc) is 3.55. The van der Waals surface area contributed by atoms with Crippen molar-refractivity contribution in [1.82, 2.24) is 30.1 Å². The lowest BCUT2D eigenvalue weighted by atomic mass is 10.0. The lowest BCUT2D eigenvalue weighted by Crippen LogP contribution is -2.28. The number of aromatic amines is 1. The summed E-state index contributed by atoms with van der Waals surface area (Å²) in [6.07, 6.45) is 0. The first-order valence-electron chi connectivity index (χ1n) is 12.5. The third-order valence-electron chi connectivity index (χ3n) is 6.92. The first-order valence-corrected chi connectivity index (χ1v) is 12.5. The maximum absolute atomic E-state index is 13.1. The van der Waals surface area contributed by atoms with Gasteiger partial charge in [-0.2, -0.15) is 0 Å². The molecule has 0 bridgehead atoms. The van der Waals surface area contributed by atoms with Gasteiger partial charge >= 0.3 is 0 Å². The summed E-state index contributed by atoms with van der Waals surface area (Å²) in [5.41, 5.74) is 5.92. The molecule has 38 heavy (non-hydrogen) atoms. The number of fused-ring (bicyclic) bond motifs is 2. The van der Waals surface area contributed by atoms with Gasteiger partial charge in [0.15, 0.2) is 17.3 Å². The van der Waals surface area contributed by atoms with Gasteiger partial charge in [0, 0.05) is 24.2 Å². The molecule has 1 N–H and O–H groups in total. The molecule has 9 heteroatoms. The molecule has 9 nitrogen and oxygen atoms in total. The summed E-state index contributed by atoms with van der Waals surface area (Å²) in [4.78, 5) is 18.4. The molecular formula is C29H28N6O3. The molecule has 6 rings (SSSR count). The van der Waals surface area contributed by atoms with Crippen LogP contribution in [0.3, 0.4) is 0 Å². The van der Waals surface area contributed by atoms with Crippen molar-refractivity contribution in [3.05, 3.63) is 111 Å². The van der Waals surface area contributed by atoms with E-state index in [9.17, 15) is 4.79 Å². The Morgan fingerprint density at radius 1 is 0.895 bits per heavy atom. The number of H-pyrrole nitrogens is 1. The number of nitrogens with one attached hydrogen (secondary N) is 1. The zero-order chi connectivity index (χ0) is 26.1. The van der Waals surface area contributed by atoms with Crippen LogP contribution in [-0.2, 0) is 26.2 Å². The monoisotopic (exact) mass is 508 g/mol. The Morgan fingerprint density at radius 2 is 1.71 bits per heavy atom. The van der Waals surface area contributed by atoms with E-state index in [-0.39, 0.29) is 12.4 Å². The fourth-order valence-electron chi connectivity index (χ4n) is 4.76. The number of hydrogen-bond donors (Lipinski definition) is 1. The fourth-order valence-corrected chi connectivity index (χ4v) is 4.76. The minimum Gasteiger partial charge on any atom is -0.454 e. The highest BCUT2D eigenvalue weighted by Crippen LogP contribution is 2.33. The van der Waals surface area contributed by atoms with E-state index in [1.54, 1.807) is 4.68 Å². The van der Waals surface area contributed by atoms with E-state index in [0.717, 1.165) is 44.9 Å². The van der Waals surface area contributed by atoms with E-state index < -0.39 is 0 Å². The highest BCUT2D eigenvalue weighted by atomic mass is 16.7. The van der Waals surface area contributed by atoms with E-state index in [0.29, 0.717) is 31.7 Å². The quantitative estimate of drug-likeness (QED) is 0.337. The Labute approximate surface area is 219 Å². The summed E-state index contributed by atoms with van der Waals surface area (Å²) in [7, 11) is 0. The molecule has 0 spiro atoms. The summed E-state index contributed by atoms with van der Waals surface area (Å²) in [5, 5.41) is 13.5. The van der Waals surface area contributed by atoms with Crippen molar-refractivity contribution in [2.75, 3.05) is 6.79 Å². The molecule has 0 saturated heterocycles. The molecule has 1 aliphatic rings. The van der Waals surface area contributed by atoms with Crippen molar-refractivity contribution in [3.8, 4) is 11.5 Å². The number of hydrogen-bond acceptors (Lipinski definition) is 7. The third kappa shape index (κ3) is 5.01. The van der Waals surface area contributed by atoms with E-state index in [2.05, 4.69) is 38.4 Å². The second kappa shape index (κ2) is 10.1. The first-order chi connectivity index (χ1) is 18.5. The standard InChI is InChI=1S/C29H28N6O3/c1-19-10-23-13-24(29(36)30-25(23)11-20(19)2)16-34(14-22-8-9-26-27(12-22)38-18-37-26)17-28-31-32-33-35(28)15-21-6-4-3-5-7-21/h3-13H,14-18H2,1-2H3,(H,30,36). The smallest absolute Gasteiger partial charge is 0.252 e. The van der Waals surface area contributed by atoms with Crippen molar-refractivity contribution in [2.45, 2.75) is 40.0 Å². The van der Waals surface area contributed by atoms with Crippen LogP contribution in [0.25, 0.3) is 10.9 Å². The third-order valence-corrected chi connectivity index (χ3v) is 6.92. The van der Waals surface area contributed by atoms with Crippen molar-refractivity contribution in [2.24, 2.45) is 0 Å². The molecule has 2 aromatic heterocycles. The van der Waals surface area contributed by atoms with Crippen molar-refractivity contribution < 1.29 is 9.47 Å². The number of tetrazole rings is 1. The summed E-state index contributed by atoms with van der Waals surface area (Å²) in [6, 6.07) is 22.1. The van der Waals surface area contributed by atoms with E-state index in [1.807, 2.05) is 67.6 Å². The van der Waals surface area contributed by atoms with Crippen molar-refractivity contribution >= 4 is 10.9 Å². The number of benzene rings is 3. The van der Waals surface area contributed by atoms with Crippen LogP contribution < -0.4 is 15.0 Å². The zero-order valence-corrected chi connectivity index (χ0v) is 21.3. The van der Waals surface area contributed by atoms with Crippen LogP contribution in [0.5, 0.6) is 11.5 Å². The Kier molecular flexibility index (Phi) is 6.35. The van der Waals surface area contributed by atoms with E-state index in [4.69, 9.17) is 9.47 Å².